The van der Waals surface area contributed by atoms with Crippen LogP contribution in [0.5, 0.6) is 0 Å². The molecule has 132 valence electrons. The zero-order valence-electron chi connectivity index (χ0n) is 14.2. The van der Waals surface area contributed by atoms with Crippen molar-refractivity contribution in [2.45, 2.75) is 33.2 Å². The number of halogens is 1. The second-order valence-electron chi connectivity index (χ2n) is 5.49. The summed E-state index contributed by atoms with van der Waals surface area (Å²) in [7, 11) is 1.23. The van der Waals surface area contributed by atoms with Gasteiger partial charge in [0.2, 0.25) is 0 Å². The van der Waals surface area contributed by atoms with Crippen LogP contribution < -0.4 is 5.32 Å². The van der Waals surface area contributed by atoms with Gasteiger partial charge in [0, 0.05) is 0 Å². The van der Waals surface area contributed by atoms with E-state index in [0.717, 1.165) is 6.07 Å². The molecular weight excluding hydrogens is 317 g/mol. The van der Waals surface area contributed by atoms with Crippen LogP contribution in [0.15, 0.2) is 18.2 Å². The van der Waals surface area contributed by atoms with Gasteiger partial charge in [-0.05, 0) is 30.5 Å². The van der Waals surface area contributed by atoms with Crippen molar-refractivity contribution in [3.8, 4) is 0 Å². The molecule has 2 atom stereocenters. The number of rotatable bonds is 7. The van der Waals surface area contributed by atoms with Crippen LogP contribution in [0.3, 0.4) is 0 Å². The number of esters is 2. The van der Waals surface area contributed by atoms with Crippen LogP contribution in [0.2, 0.25) is 0 Å². The summed E-state index contributed by atoms with van der Waals surface area (Å²) in [6.45, 7) is 4.67. The Morgan fingerprint density at radius 2 is 1.96 bits per heavy atom. The van der Waals surface area contributed by atoms with Crippen molar-refractivity contribution in [3.05, 3.63) is 35.1 Å². The monoisotopic (exact) mass is 339 g/mol. The summed E-state index contributed by atoms with van der Waals surface area (Å²) < 4.78 is 22.9. The maximum atomic E-state index is 13.4. The second-order valence-corrected chi connectivity index (χ2v) is 5.49. The van der Waals surface area contributed by atoms with Crippen LogP contribution in [-0.4, -0.2) is 37.6 Å². The predicted octanol–water partition coefficient (Wildman–Crippen LogP) is 1.99. The van der Waals surface area contributed by atoms with Crippen molar-refractivity contribution >= 4 is 17.8 Å². The summed E-state index contributed by atoms with van der Waals surface area (Å²) in [6, 6.07) is 3.09. The molecule has 1 N–H and O–H groups in total. The third-order valence-corrected chi connectivity index (χ3v) is 3.73. The maximum Gasteiger partial charge on any atom is 0.338 e. The fraction of sp³-hybridized carbons (Fsp3) is 0.471. The normalized spacial score (nSPS) is 12.9. The standard InChI is InChI=1S/C17H22FNO5/c1-5-10(2)15(17(22)23-4)19-14(20)9-24-16(21)12-7-6-11(3)13(18)8-12/h6-8,10,15H,5,9H2,1-4H3,(H,19,20)/t10-,15+/m1/s1. The van der Waals surface area contributed by atoms with E-state index in [0.29, 0.717) is 12.0 Å². The van der Waals surface area contributed by atoms with Crippen LogP contribution in [0.4, 0.5) is 4.39 Å². The predicted molar refractivity (Wildman–Crippen MR) is 84.8 cm³/mol. The van der Waals surface area contributed by atoms with Gasteiger partial charge in [-0.25, -0.2) is 14.0 Å². The van der Waals surface area contributed by atoms with Crippen molar-refractivity contribution in [1.29, 1.82) is 0 Å². The Morgan fingerprint density at radius 1 is 1.29 bits per heavy atom. The van der Waals surface area contributed by atoms with E-state index in [1.54, 1.807) is 13.8 Å². The number of hydrogen-bond donors (Lipinski definition) is 1. The number of methoxy groups -OCH3 is 1. The molecule has 0 saturated carbocycles. The van der Waals surface area contributed by atoms with Gasteiger partial charge in [0.1, 0.15) is 11.9 Å². The molecule has 0 aliphatic rings. The minimum Gasteiger partial charge on any atom is -0.467 e. The minimum atomic E-state index is -0.817. The zero-order valence-corrected chi connectivity index (χ0v) is 14.2. The van der Waals surface area contributed by atoms with E-state index in [1.165, 1.54) is 19.2 Å². The SMILES string of the molecule is CC[C@@H](C)[C@H](NC(=O)COC(=O)c1ccc(C)c(F)c1)C(=O)OC. The number of nitrogens with one attached hydrogen (secondary N) is 1. The number of aryl methyl sites for hydroxylation is 1. The number of amides is 1. The van der Waals surface area contributed by atoms with Gasteiger partial charge in [0.05, 0.1) is 12.7 Å². The van der Waals surface area contributed by atoms with Crippen molar-refractivity contribution in [1.82, 2.24) is 5.32 Å². The molecular formula is C17H22FNO5. The molecule has 7 heteroatoms. The van der Waals surface area contributed by atoms with Gasteiger partial charge >= 0.3 is 11.9 Å². The number of carbonyl (C=O) groups excluding carboxylic acids is 3. The highest BCUT2D eigenvalue weighted by molar-refractivity contribution is 5.92. The van der Waals surface area contributed by atoms with Crippen LogP contribution >= 0.6 is 0 Å². The molecule has 24 heavy (non-hydrogen) atoms. The molecule has 0 bridgehead atoms. The average Bonchev–Trinajstić information content (AvgIpc) is 2.58. The van der Waals surface area contributed by atoms with E-state index in [2.05, 4.69) is 10.1 Å². The first-order chi connectivity index (χ1) is 11.3. The van der Waals surface area contributed by atoms with Crippen LogP contribution in [0.25, 0.3) is 0 Å². The Morgan fingerprint density at radius 3 is 2.50 bits per heavy atom. The lowest BCUT2D eigenvalue weighted by Crippen LogP contribution is -2.47. The fourth-order valence-electron chi connectivity index (χ4n) is 1.95. The summed E-state index contributed by atoms with van der Waals surface area (Å²) in [5.41, 5.74) is 0.413. The van der Waals surface area contributed by atoms with Gasteiger partial charge in [-0.15, -0.1) is 0 Å². The molecule has 0 aromatic heterocycles. The van der Waals surface area contributed by atoms with Crippen molar-refractivity contribution in [3.63, 3.8) is 0 Å². The van der Waals surface area contributed by atoms with E-state index < -0.39 is 36.3 Å². The van der Waals surface area contributed by atoms with Crippen LogP contribution in [0.1, 0.15) is 36.2 Å². The smallest absolute Gasteiger partial charge is 0.338 e. The number of benzene rings is 1. The number of carbonyl (C=O) groups is 3. The topological polar surface area (TPSA) is 81.7 Å². The summed E-state index contributed by atoms with van der Waals surface area (Å²) in [6.07, 6.45) is 0.655. The highest BCUT2D eigenvalue weighted by Crippen LogP contribution is 2.11. The van der Waals surface area contributed by atoms with Gasteiger partial charge in [-0.1, -0.05) is 26.3 Å². The molecule has 0 radical (unpaired) electrons. The third kappa shape index (κ3) is 5.33. The number of ether oxygens (including phenoxy) is 2. The Balaban J connectivity index is 2.62. The Kier molecular flexibility index (Phi) is 7.35. The first kappa shape index (κ1) is 19.6. The van der Waals surface area contributed by atoms with Crippen LogP contribution in [-0.2, 0) is 19.1 Å². The molecule has 0 fully saturated rings. The lowest BCUT2D eigenvalue weighted by Gasteiger charge is -2.21. The Hall–Kier alpha value is -2.44. The summed E-state index contributed by atoms with van der Waals surface area (Å²) in [5, 5.41) is 2.48. The number of hydrogen-bond acceptors (Lipinski definition) is 5. The van der Waals surface area contributed by atoms with E-state index >= 15 is 0 Å². The Labute approximate surface area is 140 Å². The molecule has 1 aromatic rings. The van der Waals surface area contributed by atoms with E-state index in [4.69, 9.17) is 4.74 Å². The molecule has 0 aliphatic carbocycles. The largest absolute Gasteiger partial charge is 0.467 e. The average molecular weight is 339 g/mol. The van der Waals surface area contributed by atoms with Crippen molar-refractivity contribution in [2.75, 3.05) is 13.7 Å². The molecule has 0 spiro atoms. The molecule has 0 saturated heterocycles. The molecule has 0 heterocycles. The first-order valence-electron chi connectivity index (χ1n) is 7.60. The first-order valence-corrected chi connectivity index (χ1v) is 7.60. The minimum absolute atomic E-state index is 0.0114. The lowest BCUT2D eigenvalue weighted by molar-refractivity contribution is -0.147. The van der Waals surface area contributed by atoms with Gasteiger partial charge < -0.3 is 14.8 Å². The molecule has 6 nitrogen and oxygen atoms in total. The fourth-order valence-corrected chi connectivity index (χ4v) is 1.95. The Bertz CT molecular complexity index is 617. The zero-order chi connectivity index (χ0) is 18.3. The molecule has 0 unspecified atom stereocenters. The van der Waals surface area contributed by atoms with Crippen LogP contribution in [0, 0.1) is 18.7 Å². The van der Waals surface area contributed by atoms with Gasteiger partial charge in [0.25, 0.3) is 5.91 Å². The van der Waals surface area contributed by atoms with Crippen molar-refractivity contribution in [2.24, 2.45) is 5.92 Å². The van der Waals surface area contributed by atoms with Crippen molar-refractivity contribution < 1.29 is 28.2 Å². The van der Waals surface area contributed by atoms with E-state index in [1.807, 2.05) is 6.92 Å². The third-order valence-electron chi connectivity index (χ3n) is 3.73. The molecule has 1 rings (SSSR count). The van der Waals surface area contributed by atoms with Gasteiger partial charge in [-0.3, -0.25) is 4.79 Å². The second kappa shape index (κ2) is 9.00. The maximum absolute atomic E-state index is 13.4. The highest BCUT2D eigenvalue weighted by atomic mass is 19.1. The van der Waals surface area contributed by atoms with E-state index in [9.17, 15) is 18.8 Å². The summed E-state index contributed by atoms with van der Waals surface area (Å²) in [4.78, 5) is 35.4. The van der Waals surface area contributed by atoms with E-state index in [-0.39, 0.29) is 11.5 Å². The molecule has 1 amide bonds. The molecule has 0 aliphatic heterocycles. The molecule has 1 aromatic carbocycles. The van der Waals surface area contributed by atoms with Gasteiger partial charge in [-0.2, -0.15) is 0 Å². The lowest BCUT2D eigenvalue weighted by atomic mass is 9.99. The summed E-state index contributed by atoms with van der Waals surface area (Å²) >= 11 is 0. The van der Waals surface area contributed by atoms with Gasteiger partial charge in [0.15, 0.2) is 6.61 Å². The summed E-state index contributed by atoms with van der Waals surface area (Å²) in [5.74, 6) is -2.68. The highest BCUT2D eigenvalue weighted by Gasteiger charge is 2.27. The quantitative estimate of drug-likeness (QED) is 0.768.